The molecular formula is C15H15N3OS. The Morgan fingerprint density at radius 1 is 1.40 bits per heavy atom. The molecule has 0 amide bonds. The summed E-state index contributed by atoms with van der Waals surface area (Å²) in [7, 11) is 0. The van der Waals surface area contributed by atoms with Crippen LogP contribution in [-0.4, -0.2) is 9.97 Å². The third kappa shape index (κ3) is 2.18. The molecular weight excluding hydrogens is 270 g/mol. The molecule has 0 aliphatic heterocycles. The molecule has 1 N–H and O–H groups in total. The van der Waals surface area contributed by atoms with Gasteiger partial charge in [0.15, 0.2) is 11.5 Å². The molecule has 20 heavy (non-hydrogen) atoms. The largest absolute Gasteiger partial charge is 0.440 e. The highest BCUT2D eigenvalue weighted by atomic mass is 32.1. The first-order chi connectivity index (χ1) is 9.79. The molecule has 0 bridgehead atoms. The van der Waals surface area contributed by atoms with Crippen molar-refractivity contribution in [2.75, 3.05) is 5.32 Å². The summed E-state index contributed by atoms with van der Waals surface area (Å²) >= 11 is 1.68. The van der Waals surface area contributed by atoms with Crippen LogP contribution in [0.2, 0.25) is 0 Å². The van der Waals surface area contributed by atoms with Gasteiger partial charge in [0.2, 0.25) is 0 Å². The fourth-order valence-electron chi connectivity index (χ4n) is 2.24. The zero-order chi connectivity index (χ0) is 13.5. The van der Waals surface area contributed by atoms with Crippen LogP contribution in [0.1, 0.15) is 35.2 Å². The van der Waals surface area contributed by atoms with E-state index in [0.29, 0.717) is 5.92 Å². The lowest BCUT2D eigenvalue weighted by Crippen LogP contribution is -1.98. The smallest absolute Gasteiger partial charge is 0.198 e. The molecule has 0 saturated heterocycles. The van der Waals surface area contributed by atoms with Crippen molar-refractivity contribution in [2.45, 2.75) is 32.2 Å². The molecule has 5 heteroatoms. The number of aryl methyl sites for hydroxylation is 1. The van der Waals surface area contributed by atoms with Crippen LogP contribution >= 0.6 is 11.3 Å². The highest BCUT2D eigenvalue weighted by Gasteiger charge is 2.28. The highest BCUT2D eigenvalue weighted by Crippen LogP contribution is 2.40. The van der Waals surface area contributed by atoms with Crippen molar-refractivity contribution in [1.82, 2.24) is 9.97 Å². The zero-order valence-corrected chi connectivity index (χ0v) is 12.0. The number of thiazole rings is 1. The van der Waals surface area contributed by atoms with E-state index in [1.165, 1.54) is 17.7 Å². The second-order valence-corrected chi connectivity index (χ2v) is 6.16. The summed E-state index contributed by atoms with van der Waals surface area (Å²) in [4.78, 5) is 10.1. The van der Waals surface area contributed by atoms with Gasteiger partial charge in [0.25, 0.3) is 0 Å². The van der Waals surface area contributed by atoms with E-state index in [4.69, 9.17) is 4.42 Å². The molecule has 0 spiro atoms. The molecule has 0 radical (unpaired) electrons. The molecule has 1 saturated carbocycles. The number of rotatable bonds is 4. The van der Waals surface area contributed by atoms with Crippen LogP contribution in [0.4, 0.5) is 5.69 Å². The molecule has 2 aromatic heterocycles. The lowest BCUT2D eigenvalue weighted by Gasteiger charge is -2.04. The Hall–Kier alpha value is -1.88. The number of hydrogen-bond acceptors (Lipinski definition) is 5. The first-order valence-electron chi connectivity index (χ1n) is 6.83. The molecule has 1 aromatic carbocycles. The first kappa shape index (κ1) is 11.9. The summed E-state index contributed by atoms with van der Waals surface area (Å²) in [6, 6.07) is 6.09. The van der Waals surface area contributed by atoms with E-state index in [0.717, 1.165) is 34.9 Å². The van der Waals surface area contributed by atoms with Gasteiger partial charge in [-0.25, -0.2) is 9.97 Å². The number of anilines is 1. The summed E-state index contributed by atoms with van der Waals surface area (Å²) in [5.74, 6) is 1.45. The monoisotopic (exact) mass is 285 g/mol. The van der Waals surface area contributed by atoms with Crippen molar-refractivity contribution in [1.29, 1.82) is 0 Å². The Bertz CT molecular complexity index is 757. The van der Waals surface area contributed by atoms with Crippen LogP contribution in [0.25, 0.3) is 11.1 Å². The van der Waals surface area contributed by atoms with Gasteiger partial charge in [0, 0.05) is 16.5 Å². The number of benzene rings is 1. The van der Waals surface area contributed by atoms with Crippen LogP contribution < -0.4 is 5.32 Å². The maximum atomic E-state index is 5.77. The average Bonchev–Trinajstić information content (AvgIpc) is 3.09. The Morgan fingerprint density at radius 3 is 3.05 bits per heavy atom. The SMILES string of the molecule is Cc1ncsc1CNc1ccc2oc(C3CC3)nc2c1. The van der Waals surface area contributed by atoms with Crippen molar-refractivity contribution in [3.05, 3.63) is 40.2 Å². The summed E-state index contributed by atoms with van der Waals surface area (Å²) in [5.41, 5.74) is 5.88. The lowest BCUT2D eigenvalue weighted by atomic mass is 10.3. The predicted octanol–water partition coefficient (Wildman–Crippen LogP) is 4.08. The molecule has 0 atom stereocenters. The third-order valence-electron chi connectivity index (χ3n) is 3.63. The molecule has 4 rings (SSSR count). The molecule has 1 aliphatic carbocycles. The Morgan fingerprint density at radius 2 is 2.30 bits per heavy atom. The van der Waals surface area contributed by atoms with E-state index in [-0.39, 0.29) is 0 Å². The highest BCUT2D eigenvalue weighted by molar-refractivity contribution is 7.09. The second-order valence-electron chi connectivity index (χ2n) is 5.22. The van der Waals surface area contributed by atoms with Gasteiger partial charge in [-0.1, -0.05) is 0 Å². The Balaban J connectivity index is 1.55. The topological polar surface area (TPSA) is 51.0 Å². The quantitative estimate of drug-likeness (QED) is 0.784. The van der Waals surface area contributed by atoms with Crippen LogP contribution in [-0.2, 0) is 6.54 Å². The van der Waals surface area contributed by atoms with Crippen molar-refractivity contribution in [3.8, 4) is 0 Å². The van der Waals surface area contributed by atoms with Crippen LogP contribution in [0.3, 0.4) is 0 Å². The molecule has 2 heterocycles. The maximum Gasteiger partial charge on any atom is 0.198 e. The van der Waals surface area contributed by atoms with Gasteiger partial charge in [-0.3, -0.25) is 0 Å². The molecule has 3 aromatic rings. The summed E-state index contributed by atoms with van der Waals surface area (Å²) < 4.78 is 5.77. The summed E-state index contributed by atoms with van der Waals surface area (Å²) in [6.45, 7) is 2.84. The van der Waals surface area contributed by atoms with Gasteiger partial charge in [0.05, 0.1) is 17.7 Å². The standard InChI is InChI=1S/C15H15N3OS/c1-9-14(20-8-17-9)7-16-11-4-5-13-12(6-11)18-15(19-13)10-2-3-10/h4-6,8,10,16H,2-3,7H2,1H3. The number of nitrogens with one attached hydrogen (secondary N) is 1. The zero-order valence-electron chi connectivity index (χ0n) is 11.2. The van der Waals surface area contributed by atoms with Crippen molar-refractivity contribution < 1.29 is 4.42 Å². The minimum absolute atomic E-state index is 0.554. The number of aromatic nitrogens is 2. The van der Waals surface area contributed by atoms with Gasteiger partial charge < -0.3 is 9.73 Å². The Labute approximate surface area is 120 Å². The van der Waals surface area contributed by atoms with E-state index in [1.54, 1.807) is 11.3 Å². The van der Waals surface area contributed by atoms with E-state index < -0.39 is 0 Å². The predicted molar refractivity (Wildman–Crippen MR) is 80.2 cm³/mol. The van der Waals surface area contributed by atoms with Crippen molar-refractivity contribution >= 4 is 28.1 Å². The van der Waals surface area contributed by atoms with Crippen LogP contribution in [0, 0.1) is 6.92 Å². The number of nitrogens with zero attached hydrogens (tertiary/aromatic N) is 2. The molecule has 1 aliphatic rings. The van der Waals surface area contributed by atoms with E-state index in [1.807, 2.05) is 24.6 Å². The van der Waals surface area contributed by atoms with Gasteiger partial charge in [0.1, 0.15) is 5.52 Å². The summed E-state index contributed by atoms with van der Waals surface area (Å²) in [6.07, 6.45) is 2.42. The second kappa shape index (κ2) is 4.59. The minimum Gasteiger partial charge on any atom is -0.440 e. The first-order valence-corrected chi connectivity index (χ1v) is 7.71. The number of fused-ring (bicyclic) bond motifs is 1. The number of hydrogen-bond donors (Lipinski definition) is 1. The average molecular weight is 285 g/mol. The van der Waals surface area contributed by atoms with Crippen LogP contribution in [0.15, 0.2) is 28.1 Å². The lowest BCUT2D eigenvalue weighted by molar-refractivity contribution is 0.533. The van der Waals surface area contributed by atoms with Gasteiger partial charge >= 0.3 is 0 Å². The third-order valence-corrected chi connectivity index (χ3v) is 4.56. The van der Waals surface area contributed by atoms with Gasteiger partial charge in [-0.2, -0.15) is 0 Å². The summed E-state index contributed by atoms with van der Waals surface area (Å²) in [5, 5.41) is 3.42. The molecule has 102 valence electrons. The maximum absolute atomic E-state index is 5.77. The molecule has 4 nitrogen and oxygen atoms in total. The van der Waals surface area contributed by atoms with E-state index in [9.17, 15) is 0 Å². The van der Waals surface area contributed by atoms with Crippen LogP contribution in [0.5, 0.6) is 0 Å². The Kier molecular flexibility index (Phi) is 2.73. The van der Waals surface area contributed by atoms with Gasteiger partial charge in [-0.05, 0) is 38.0 Å². The van der Waals surface area contributed by atoms with E-state index in [2.05, 4.69) is 21.4 Å². The van der Waals surface area contributed by atoms with Gasteiger partial charge in [-0.15, -0.1) is 11.3 Å². The molecule has 1 fully saturated rings. The van der Waals surface area contributed by atoms with Crippen molar-refractivity contribution in [3.63, 3.8) is 0 Å². The fraction of sp³-hybridized carbons (Fsp3) is 0.333. The van der Waals surface area contributed by atoms with Crippen molar-refractivity contribution in [2.24, 2.45) is 0 Å². The number of oxazole rings is 1. The normalized spacial score (nSPS) is 14.8. The van der Waals surface area contributed by atoms with E-state index >= 15 is 0 Å². The minimum atomic E-state index is 0.554. The fourth-order valence-corrected chi connectivity index (χ4v) is 2.96. The molecule has 0 unspecified atom stereocenters.